The van der Waals surface area contributed by atoms with Crippen LogP contribution in [0.5, 0.6) is 0 Å². The fourth-order valence-corrected chi connectivity index (χ4v) is 3.70. The summed E-state index contributed by atoms with van der Waals surface area (Å²) in [6, 6.07) is 4.40. The molecule has 3 nitrogen and oxygen atoms in total. The summed E-state index contributed by atoms with van der Waals surface area (Å²) in [5.41, 5.74) is -0.317. The molecule has 0 radical (unpaired) electrons. The molecule has 1 aromatic rings. The fraction of sp³-hybridized carbons (Fsp3) is 0.647. The van der Waals surface area contributed by atoms with Gasteiger partial charge in [0.1, 0.15) is 0 Å². The van der Waals surface area contributed by atoms with Crippen molar-refractivity contribution in [3.8, 4) is 0 Å². The van der Waals surface area contributed by atoms with E-state index in [-0.39, 0.29) is 6.04 Å². The minimum Gasteiger partial charge on any atom is -0.388 e. The molecule has 0 aromatic heterocycles. The summed E-state index contributed by atoms with van der Waals surface area (Å²) in [5.74, 6) is -1.55. The van der Waals surface area contributed by atoms with Gasteiger partial charge in [0.25, 0.3) is 0 Å². The Hall–Kier alpha value is -1.04. The molecular formula is C17H24F2N2O. The summed E-state index contributed by atoms with van der Waals surface area (Å²) >= 11 is 0. The zero-order valence-corrected chi connectivity index (χ0v) is 13.1. The van der Waals surface area contributed by atoms with Crippen molar-refractivity contribution in [2.24, 2.45) is 0 Å². The van der Waals surface area contributed by atoms with Crippen molar-refractivity contribution < 1.29 is 13.9 Å². The van der Waals surface area contributed by atoms with Gasteiger partial charge in [-0.2, -0.15) is 0 Å². The van der Waals surface area contributed by atoms with E-state index in [1.807, 2.05) is 6.92 Å². The summed E-state index contributed by atoms with van der Waals surface area (Å²) in [7, 11) is 0. The Labute approximate surface area is 130 Å². The molecule has 1 aromatic carbocycles. The van der Waals surface area contributed by atoms with Crippen molar-refractivity contribution in [2.45, 2.75) is 44.4 Å². The molecule has 0 bridgehead atoms. The highest BCUT2D eigenvalue weighted by Gasteiger charge is 2.41. The van der Waals surface area contributed by atoms with Crippen LogP contribution in [0.3, 0.4) is 0 Å². The first-order valence-corrected chi connectivity index (χ1v) is 8.09. The number of piperidine rings is 1. The van der Waals surface area contributed by atoms with Gasteiger partial charge >= 0.3 is 0 Å². The van der Waals surface area contributed by atoms with Gasteiger partial charge in [0.05, 0.1) is 11.6 Å². The van der Waals surface area contributed by atoms with Crippen LogP contribution >= 0.6 is 0 Å². The third-order valence-electron chi connectivity index (χ3n) is 5.09. The number of hydrogen-bond donors (Lipinski definition) is 1. The highest BCUT2D eigenvalue weighted by atomic mass is 19.2. The molecule has 122 valence electrons. The number of halogens is 2. The van der Waals surface area contributed by atoms with E-state index in [9.17, 15) is 13.9 Å². The van der Waals surface area contributed by atoms with Gasteiger partial charge in [-0.25, -0.2) is 8.78 Å². The summed E-state index contributed by atoms with van der Waals surface area (Å²) in [5, 5.41) is 10.7. The number of hydrogen-bond acceptors (Lipinski definition) is 3. The SMILES string of the molecule is CC1(O)CCN(Cc2cccc(F)c2F)CC1N1CCCC1. The van der Waals surface area contributed by atoms with Crippen molar-refractivity contribution in [3.05, 3.63) is 35.4 Å². The van der Waals surface area contributed by atoms with Crippen LogP contribution in [0.25, 0.3) is 0 Å². The van der Waals surface area contributed by atoms with E-state index in [1.165, 1.54) is 12.8 Å². The van der Waals surface area contributed by atoms with Gasteiger partial charge in [0.2, 0.25) is 0 Å². The molecule has 2 fully saturated rings. The average molecular weight is 310 g/mol. The third kappa shape index (κ3) is 3.16. The molecule has 5 heteroatoms. The van der Waals surface area contributed by atoms with Gasteiger partial charge in [-0.05, 0) is 45.3 Å². The molecular weight excluding hydrogens is 286 g/mol. The largest absolute Gasteiger partial charge is 0.388 e. The molecule has 2 heterocycles. The van der Waals surface area contributed by atoms with Gasteiger partial charge in [-0.15, -0.1) is 0 Å². The molecule has 1 N–H and O–H groups in total. The van der Waals surface area contributed by atoms with E-state index in [2.05, 4.69) is 9.80 Å². The second-order valence-corrected chi connectivity index (χ2v) is 6.81. The lowest BCUT2D eigenvalue weighted by Crippen LogP contribution is -2.60. The van der Waals surface area contributed by atoms with E-state index < -0.39 is 17.2 Å². The lowest BCUT2D eigenvalue weighted by atomic mass is 9.87. The molecule has 0 spiro atoms. The maximum absolute atomic E-state index is 13.8. The summed E-state index contributed by atoms with van der Waals surface area (Å²) in [6.45, 7) is 5.72. The first kappa shape index (κ1) is 15.8. The Morgan fingerprint density at radius 3 is 2.68 bits per heavy atom. The van der Waals surface area contributed by atoms with Crippen molar-refractivity contribution in [1.29, 1.82) is 0 Å². The maximum Gasteiger partial charge on any atom is 0.163 e. The van der Waals surface area contributed by atoms with E-state index in [0.717, 1.165) is 19.2 Å². The van der Waals surface area contributed by atoms with E-state index in [1.54, 1.807) is 12.1 Å². The van der Waals surface area contributed by atoms with Gasteiger partial charge in [0.15, 0.2) is 11.6 Å². The highest BCUT2D eigenvalue weighted by Crippen LogP contribution is 2.29. The second kappa shape index (κ2) is 6.22. The van der Waals surface area contributed by atoms with E-state index >= 15 is 0 Å². The average Bonchev–Trinajstić information content (AvgIpc) is 2.99. The standard InChI is InChI=1S/C17H24F2N2O/c1-17(22)7-10-20(12-15(17)21-8-2-3-9-21)11-13-5-4-6-14(18)16(13)19/h4-6,15,22H,2-3,7-12H2,1H3. The number of likely N-dealkylation sites (tertiary alicyclic amines) is 2. The van der Waals surface area contributed by atoms with Crippen LogP contribution in [-0.4, -0.2) is 52.7 Å². The molecule has 22 heavy (non-hydrogen) atoms. The number of aliphatic hydroxyl groups is 1. The van der Waals surface area contributed by atoms with Crippen LogP contribution in [-0.2, 0) is 6.54 Å². The maximum atomic E-state index is 13.8. The smallest absolute Gasteiger partial charge is 0.163 e. The monoisotopic (exact) mass is 310 g/mol. The Kier molecular flexibility index (Phi) is 4.48. The van der Waals surface area contributed by atoms with E-state index in [4.69, 9.17) is 0 Å². The second-order valence-electron chi connectivity index (χ2n) is 6.81. The Morgan fingerprint density at radius 2 is 1.95 bits per heavy atom. The number of rotatable bonds is 3. The lowest BCUT2D eigenvalue weighted by molar-refractivity contribution is -0.0777. The molecule has 0 aliphatic carbocycles. The van der Waals surface area contributed by atoms with Gasteiger partial charge in [0, 0.05) is 25.2 Å². The normalized spacial score (nSPS) is 30.8. The van der Waals surface area contributed by atoms with Crippen LogP contribution in [0.4, 0.5) is 8.78 Å². The molecule has 2 saturated heterocycles. The first-order chi connectivity index (χ1) is 10.5. The molecule has 0 saturated carbocycles. The van der Waals surface area contributed by atoms with Gasteiger partial charge in [-0.1, -0.05) is 12.1 Å². The molecule has 2 aliphatic rings. The van der Waals surface area contributed by atoms with Gasteiger partial charge in [-0.3, -0.25) is 9.80 Å². The Bertz CT molecular complexity index is 529. The van der Waals surface area contributed by atoms with Crippen molar-refractivity contribution >= 4 is 0 Å². The highest BCUT2D eigenvalue weighted by molar-refractivity contribution is 5.19. The molecule has 3 rings (SSSR count). The van der Waals surface area contributed by atoms with Crippen molar-refractivity contribution in [2.75, 3.05) is 26.2 Å². The molecule has 0 amide bonds. The van der Waals surface area contributed by atoms with Crippen molar-refractivity contribution in [3.63, 3.8) is 0 Å². The minimum atomic E-state index is -0.794. The van der Waals surface area contributed by atoms with Crippen LogP contribution < -0.4 is 0 Å². The number of benzene rings is 1. The third-order valence-corrected chi connectivity index (χ3v) is 5.09. The lowest BCUT2D eigenvalue weighted by Gasteiger charge is -2.46. The van der Waals surface area contributed by atoms with Crippen LogP contribution in [0, 0.1) is 11.6 Å². The quantitative estimate of drug-likeness (QED) is 0.928. The van der Waals surface area contributed by atoms with Crippen LogP contribution in [0.1, 0.15) is 31.7 Å². The van der Waals surface area contributed by atoms with Crippen LogP contribution in [0.15, 0.2) is 18.2 Å². The summed E-state index contributed by atoms with van der Waals surface area (Å²) in [6.07, 6.45) is 3.00. The summed E-state index contributed by atoms with van der Waals surface area (Å²) in [4.78, 5) is 4.47. The zero-order chi connectivity index (χ0) is 15.7. The topological polar surface area (TPSA) is 26.7 Å². The van der Waals surface area contributed by atoms with Crippen molar-refractivity contribution in [1.82, 2.24) is 9.80 Å². The molecule has 2 unspecified atom stereocenters. The Morgan fingerprint density at radius 1 is 1.23 bits per heavy atom. The molecule has 2 aliphatic heterocycles. The van der Waals surface area contributed by atoms with E-state index in [0.29, 0.717) is 31.6 Å². The van der Waals surface area contributed by atoms with Gasteiger partial charge < -0.3 is 5.11 Å². The summed E-state index contributed by atoms with van der Waals surface area (Å²) < 4.78 is 27.2. The predicted molar refractivity (Wildman–Crippen MR) is 81.5 cm³/mol. The Balaban J connectivity index is 1.71. The first-order valence-electron chi connectivity index (χ1n) is 8.09. The predicted octanol–water partition coefficient (Wildman–Crippen LogP) is 2.39. The fourth-order valence-electron chi connectivity index (χ4n) is 3.70. The minimum absolute atomic E-state index is 0.0698. The molecule has 2 atom stereocenters. The van der Waals surface area contributed by atoms with Crippen LogP contribution in [0.2, 0.25) is 0 Å². The zero-order valence-electron chi connectivity index (χ0n) is 13.1. The number of nitrogens with zero attached hydrogens (tertiary/aromatic N) is 2.